The third-order valence-electron chi connectivity index (χ3n) is 5.75. The maximum Gasteiger partial charge on any atom is 0.191 e. The van der Waals surface area contributed by atoms with E-state index in [0.29, 0.717) is 6.04 Å². The first-order chi connectivity index (χ1) is 12.7. The van der Waals surface area contributed by atoms with Crippen LogP contribution in [0.4, 0.5) is 0 Å². The van der Waals surface area contributed by atoms with Crippen molar-refractivity contribution in [3.8, 4) is 0 Å². The Morgan fingerprint density at radius 2 is 1.88 bits per heavy atom. The Kier molecular flexibility index (Phi) is 5.09. The molecule has 3 aliphatic heterocycles. The van der Waals surface area contributed by atoms with Gasteiger partial charge in [-0.3, -0.25) is 14.8 Å². The van der Waals surface area contributed by atoms with E-state index in [0.717, 1.165) is 12.5 Å². The molecule has 0 aromatic heterocycles. The summed E-state index contributed by atoms with van der Waals surface area (Å²) in [6.07, 6.45) is 0. The van der Waals surface area contributed by atoms with E-state index in [4.69, 9.17) is 0 Å². The van der Waals surface area contributed by atoms with Gasteiger partial charge in [0.25, 0.3) is 0 Å². The lowest BCUT2D eigenvalue weighted by Gasteiger charge is -2.47. The van der Waals surface area contributed by atoms with Crippen molar-refractivity contribution in [1.82, 2.24) is 20.4 Å². The number of hydrogen-bond acceptors (Lipinski definition) is 3. The van der Waals surface area contributed by atoms with Gasteiger partial charge in [0, 0.05) is 52.4 Å². The number of benzene rings is 2. The van der Waals surface area contributed by atoms with E-state index >= 15 is 0 Å². The average molecular weight is 351 g/mol. The van der Waals surface area contributed by atoms with Crippen LogP contribution in [0.5, 0.6) is 0 Å². The van der Waals surface area contributed by atoms with Crippen molar-refractivity contribution in [2.75, 3.05) is 46.3 Å². The number of fused-ring (bicyclic) bond motifs is 4. The number of rotatable bonds is 4. The molecule has 3 saturated heterocycles. The van der Waals surface area contributed by atoms with E-state index in [-0.39, 0.29) is 6.04 Å². The zero-order chi connectivity index (χ0) is 17.9. The van der Waals surface area contributed by atoms with E-state index in [1.165, 1.54) is 49.1 Å². The predicted octanol–water partition coefficient (Wildman–Crippen LogP) is 2.07. The highest BCUT2D eigenvalue weighted by Crippen LogP contribution is 2.20. The molecule has 0 spiro atoms. The Hall–Kier alpha value is -2.11. The van der Waals surface area contributed by atoms with Gasteiger partial charge in [-0.05, 0) is 29.3 Å². The number of guanidine groups is 1. The minimum absolute atomic E-state index is 0.206. The van der Waals surface area contributed by atoms with Crippen LogP contribution in [0.1, 0.15) is 18.5 Å². The van der Waals surface area contributed by atoms with Crippen LogP contribution in [0.3, 0.4) is 0 Å². The minimum Gasteiger partial charge on any atom is -0.355 e. The molecule has 2 N–H and O–H groups in total. The number of hydrogen-bond donors (Lipinski definition) is 2. The van der Waals surface area contributed by atoms with Gasteiger partial charge in [0.1, 0.15) is 0 Å². The molecule has 2 aromatic carbocycles. The average Bonchev–Trinajstić information content (AvgIpc) is 2.71. The molecule has 0 saturated carbocycles. The van der Waals surface area contributed by atoms with Crippen LogP contribution in [0.25, 0.3) is 10.8 Å². The van der Waals surface area contributed by atoms with Crippen LogP contribution in [0.2, 0.25) is 0 Å². The van der Waals surface area contributed by atoms with Crippen LogP contribution in [0, 0.1) is 0 Å². The SMILES string of the molecule is CN=C(NCC1CN2CCN1CC2)NC(C)c1ccc2ccccc2c1. The van der Waals surface area contributed by atoms with Crippen LogP contribution in [0.15, 0.2) is 47.5 Å². The molecule has 3 aliphatic rings. The van der Waals surface area contributed by atoms with Crippen molar-refractivity contribution in [3.05, 3.63) is 48.0 Å². The first-order valence-electron chi connectivity index (χ1n) is 9.65. The molecule has 5 rings (SSSR count). The van der Waals surface area contributed by atoms with E-state index < -0.39 is 0 Å². The third kappa shape index (κ3) is 3.69. The molecular weight excluding hydrogens is 322 g/mol. The number of nitrogens with zero attached hydrogens (tertiary/aromatic N) is 3. The molecule has 2 atom stereocenters. The van der Waals surface area contributed by atoms with E-state index in [9.17, 15) is 0 Å². The number of nitrogens with one attached hydrogen (secondary N) is 2. The third-order valence-corrected chi connectivity index (χ3v) is 5.75. The minimum atomic E-state index is 0.206. The Morgan fingerprint density at radius 3 is 2.58 bits per heavy atom. The lowest BCUT2D eigenvalue weighted by molar-refractivity contribution is 0.0154. The first-order valence-corrected chi connectivity index (χ1v) is 9.65. The quantitative estimate of drug-likeness (QED) is 0.654. The Morgan fingerprint density at radius 1 is 1.12 bits per heavy atom. The largest absolute Gasteiger partial charge is 0.355 e. The number of piperazine rings is 3. The Balaban J connectivity index is 1.36. The maximum absolute atomic E-state index is 4.42. The van der Waals surface area contributed by atoms with Crippen LogP contribution < -0.4 is 10.6 Å². The van der Waals surface area contributed by atoms with Crippen molar-refractivity contribution < 1.29 is 0 Å². The van der Waals surface area contributed by atoms with Gasteiger partial charge in [0.05, 0.1) is 6.04 Å². The summed E-state index contributed by atoms with van der Waals surface area (Å²) in [7, 11) is 1.85. The Bertz CT molecular complexity index is 779. The second kappa shape index (κ2) is 7.64. The van der Waals surface area contributed by atoms with Crippen LogP contribution in [-0.4, -0.2) is 68.1 Å². The van der Waals surface area contributed by atoms with Gasteiger partial charge in [0.2, 0.25) is 0 Å². The highest BCUT2D eigenvalue weighted by molar-refractivity contribution is 5.84. The molecule has 3 heterocycles. The van der Waals surface area contributed by atoms with Gasteiger partial charge in [0.15, 0.2) is 5.96 Å². The van der Waals surface area contributed by atoms with Crippen molar-refractivity contribution in [1.29, 1.82) is 0 Å². The molecule has 0 radical (unpaired) electrons. The first kappa shape index (κ1) is 17.3. The smallest absolute Gasteiger partial charge is 0.191 e. The summed E-state index contributed by atoms with van der Waals surface area (Å²) >= 11 is 0. The molecular formula is C21H29N5. The molecule has 2 unspecified atom stereocenters. The lowest BCUT2D eigenvalue weighted by Crippen LogP contribution is -2.63. The maximum atomic E-state index is 4.42. The molecule has 138 valence electrons. The van der Waals surface area contributed by atoms with Crippen LogP contribution in [-0.2, 0) is 0 Å². The summed E-state index contributed by atoms with van der Waals surface area (Å²) in [4.78, 5) is 9.60. The predicted molar refractivity (Wildman–Crippen MR) is 109 cm³/mol. The van der Waals surface area contributed by atoms with Gasteiger partial charge in [-0.1, -0.05) is 36.4 Å². The van der Waals surface area contributed by atoms with Crippen molar-refractivity contribution >= 4 is 16.7 Å². The standard InChI is InChI=1S/C21H29N5/c1-16(18-8-7-17-5-3-4-6-19(17)13-18)24-21(22-2)23-14-20-15-25-9-11-26(20)12-10-25/h3-8,13,16,20H,9-12,14-15H2,1-2H3,(H2,22,23,24). The van der Waals surface area contributed by atoms with E-state index in [1.807, 2.05) is 7.05 Å². The topological polar surface area (TPSA) is 42.9 Å². The summed E-state index contributed by atoms with van der Waals surface area (Å²) in [5, 5.41) is 9.63. The van der Waals surface area contributed by atoms with Gasteiger partial charge in [-0.25, -0.2) is 0 Å². The summed E-state index contributed by atoms with van der Waals surface area (Å²) in [5.41, 5.74) is 1.28. The summed E-state index contributed by atoms with van der Waals surface area (Å²) in [6.45, 7) is 9.16. The van der Waals surface area contributed by atoms with Gasteiger partial charge >= 0.3 is 0 Å². The summed E-state index contributed by atoms with van der Waals surface area (Å²) in [6, 6.07) is 15.9. The van der Waals surface area contributed by atoms with Gasteiger partial charge in [-0.15, -0.1) is 0 Å². The fraction of sp³-hybridized carbons (Fsp3) is 0.476. The van der Waals surface area contributed by atoms with Crippen molar-refractivity contribution in [2.24, 2.45) is 4.99 Å². The molecule has 0 amide bonds. The fourth-order valence-electron chi connectivity index (χ4n) is 4.09. The normalized spacial score (nSPS) is 26.7. The van der Waals surface area contributed by atoms with Crippen molar-refractivity contribution in [3.63, 3.8) is 0 Å². The fourth-order valence-corrected chi connectivity index (χ4v) is 4.09. The van der Waals surface area contributed by atoms with Gasteiger partial charge < -0.3 is 10.6 Å². The van der Waals surface area contributed by atoms with Crippen LogP contribution >= 0.6 is 0 Å². The van der Waals surface area contributed by atoms with Gasteiger partial charge in [-0.2, -0.15) is 0 Å². The molecule has 26 heavy (non-hydrogen) atoms. The molecule has 5 heteroatoms. The second-order valence-electron chi connectivity index (χ2n) is 7.42. The highest BCUT2D eigenvalue weighted by Gasteiger charge is 2.31. The number of aliphatic imine (C=N–C) groups is 1. The summed E-state index contributed by atoms with van der Waals surface area (Å²) < 4.78 is 0. The molecule has 5 nitrogen and oxygen atoms in total. The van der Waals surface area contributed by atoms with Crippen molar-refractivity contribution in [2.45, 2.75) is 19.0 Å². The monoisotopic (exact) mass is 351 g/mol. The molecule has 2 bridgehead atoms. The van der Waals surface area contributed by atoms with E-state index in [2.05, 4.69) is 74.8 Å². The summed E-state index contributed by atoms with van der Waals surface area (Å²) in [5.74, 6) is 0.878. The highest BCUT2D eigenvalue weighted by atomic mass is 15.4. The second-order valence-corrected chi connectivity index (χ2v) is 7.42. The molecule has 2 aromatic rings. The zero-order valence-electron chi connectivity index (χ0n) is 15.8. The van der Waals surface area contributed by atoms with E-state index in [1.54, 1.807) is 0 Å². The molecule has 3 fully saturated rings. The molecule has 0 aliphatic carbocycles. The zero-order valence-corrected chi connectivity index (χ0v) is 15.8. The lowest BCUT2D eigenvalue weighted by atomic mass is 10.0. The Labute approximate surface area is 156 Å².